The van der Waals surface area contributed by atoms with E-state index in [9.17, 15) is 9.59 Å². The molecule has 0 fully saturated rings. The minimum absolute atomic E-state index is 0.468. The van der Waals surface area contributed by atoms with E-state index in [1.807, 2.05) is 12.1 Å². The number of aromatic nitrogens is 1. The van der Waals surface area contributed by atoms with Gasteiger partial charge < -0.3 is 10.1 Å². The molecule has 2 rings (SSSR count). The number of anilines is 1. The summed E-state index contributed by atoms with van der Waals surface area (Å²) in [5, 5.41) is 3.32. The lowest BCUT2D eigenvalue weighted by molar-refractivity contribution is -0.150. The first-order valence-corrected chi connectivity index (χ1v) is 5.84. The summed E-state index contributed by atoms with van der Waals surface area (Å²) < 4.78 is 5.18. The van der Waals surface area contributed by atoms with E-state index >= 15 is 0 Å². The number of esters is 1. The number of methoxy groups -OCH3 is 1. The van der Waals surface area contributed by atoms with E-state index in [1.165, 1.54) is 0 Å². The first-order valence-electron chi connectivity index (χ1n) is 5.05. The van der Waals surface area contributed by atoms with Crippen molar-refractivity contribution in [2.24, 2.45) is 0 Å². The molecule has 0 aliphatic heterocycles. The fourth-order valence-corrected chi connectivity index (χ4v) is 1.85. The molecule has 0 aliphatic carbocycles. The summed E-state index contributed by atoms with van der Waals surface area (Å²) >= 11 is 3.32. The van der Waals surface area contributed by atoms with Crippen LogP contribution < -0.4 is 5.32 Å². The lowest BCUT2D eigenvalue weighted by Gasteiger charge is -2.06. The molecule has 0 radical (unpaired) electrons. The smallest absolute Gasteiger partial charge is 0.396 e. The van der Waals surface area contributed by atoms with Crippen LogP contribution in [0.4, 0.5) is 5.69 Å². The molecule has 2 aromatic rings. The number of benzene rings is 1. The van der Waals surface area contributed by atoms with Gasteiger partial charge in [-0.1, -0.05) is 12.1 Å². The normalized spacial score (nSPS) is 10.1. The summed E-state index contributed by atoms with van der Waals surface area (Å²) in [5.74, 6) is -1.76. The van der Waals surface area contributed by atoms with Crippen LogP contribution in [0, 0.1) is 0 Å². The summed E-state index contributed by atoms with van der Waals surface area (Å²) in [4.78, 5) is 26.7. The molecular weight excluding hydrogens is 300 g/mol. The molecular formula is C12H9BrN2O3. The van der Waals surface area contributed by atoms with E-state index in [1.54, 1.807) is 18.3 Å². The van der Waals surface area contributed by atoms with E-state index < -0.39 is 11.9 Å². The molecule has 0 aliphatic rings. The Morgan fingerprint density at radius 3 is 2.89 bits per heavy atom. The first-order chi connectivity index (χ1) is 8.61. The SMILES string of the molecule is COC(=O)C(=O)Nc1cccc2cc(Br)cnc12. The number of para-hydroxylation sites is 1. The van der Waals surface area contributed by atoms with E-state index in [-0.39, 0.29) is 0 Å². The van der Waals surface area contributed by atoms with E-state index in [0.717, 1.165) is 17.0 Å². The quantitative estimate of drug-likeness (QED) is 0.647. The van der Waals surface area contributed by atoms with Crippen LogP contribution in [0.2, 0.25) is 0 Å². The zero-order chi connectivity index (χ0) is 13.1. The number of amides is 1. The fraction of sp³-hybridized carbons (Fsp3) is 0.0833. The minimum Gasteiger partial charge on any atom is -0.462 e. The summed E-state index contributed by atoms with van der Waals surface area (Å²) in [6.07, 6.45) is 1.62. The molecule has 1 aromatic heterocycles. The van der Waals surface area contributed by atoms with Crippen LogP contribution in [-0.2, 0) is 14.3 Å². The molecule has 0 unspecified atom stereocenters. The van der Waals surface area contributed by atoms with Gasteiger partial charge in [0.15, 0.2) is 0 Å². The highest BCUT2D eigenvalue weighted by Gasteiger charge is 2.15. The van der Waals surface area contributed by atoms with Gasteiger partial charge >= 0.3 is 11.9 Å². The van der Waals surface area contributed by atoms with Gasteiger partial charge in [0.1, 0.15) is 0 Å². The van der Waals surface area contributed by atoms with E-state index in [4.69, 9.17) is 0 Å². The number of carbonyl (C=O) groups is 2. The molecule has 18 heavy (non-hydrogen) atoms. The zero-order valence-corrected chi connectivity index (χ0v) is 11.0. The minimum atomic E-state index is -0.941. The monoisotopic (exact) mass is 308 g/mol. The highest BCUT2D eigenvalue weighted by Crippen LogP contribution is 2.23. The number of hydrogen-bond acceptors (Lipinski definition) is 4. The second-order valence-electron chi connectivity index (χ2n) is 3.48. The number of fused-ring (bicyclic) bond motifs is 1. The number of pyridine rings is 1. The largest absolute Gasteiger partial charge is 0.462 e. The van der Waals surface area contributed by atoms with Crippen LogP contribution in [0.5, 0.6) is 0 Å². The van der Waals surface area contributed by atoms with Crippen molar-refractivity contribution in [1.82, 2.24) is 4.98 Å². The van der Waals surface area contributed by atoms with Crippen molar-refractivity contribution >= 4 is 44.4 Å². The van der Waals surface area contributed by atoms with Gasteiger partial charge in [-0.25, -0.2) is 4.79 Å². The van der Waals surface area contributed by atoms with Gasteiger partial charge in [-0.3, -0.25) is 9.78 Å². The van der Waals surface area contributed by atoms with Crippen molar-refractivity contribution in [3.05, 3.63) is 34.9 Å². The Hall–Kier alpha value is -1.95. The van der Waals surface area contributed by atoms with Gasteiger partial charge in [0, 0.05) is 16.1 Å². The first kappa shape index (κ1) is 12.5. The van der Waals surface area contributed by atoms with Crippen molar-refractivity contribution in [2.75, 3.05) is 12.4 Å². The Morgan fingerprint density at radius 1 is 1.39 bits per heavy atom. The van der Waals surface area contributed by atoms with Gasteiger partial charge in [0.25, 0.3) is 0 Å². The second kappa shape index (κ2) is 5.14. The Bertz CT molecular complexity index is 628. The number of halogens is 1. The van der Waals surface area contributed by atoms with Crippen LogP contribution in [0.15, 0.2) is 34.9 Å². The Kier molecular flexibility index (Phi) is 3.57. The molecule has 0 atom stereocenters. The topological polar surface area (TPSA) is 68.3 Å². The third-order valence-corrected chi connectivity index (χ3v) is 2.73. The number of rotatable bonds is 1. The molecule has 0 spiro atoms. The van der Waals surface area contributed by atoms with Crippen LogP contribution in [-0.4, -0.2) is 24.0 Å². The third kappa shape index (κ3) is 2.48. The van der Waals surface area contributed by atoms with Crippen molar-refractivity contribution < 1.29 is 14.3 Å². The molecule has 1 N–H and O–H groups in total. The summed E-state index contributed by atoms with van der Waals surface area (Å²) in [6.45, 7) is 0. The fourth-order valence-electron chi connectivity index (χ4n) is 1.50. The van der Waals surface area contributed by atoms with E-state index in [0.29, 0.717) is 11.2 Å². The maximum Gasteiger partial charge on any atom is 0.396 e. The van der Waals surface area contributed by atoms with Crippen LogP contribution in [0.3, 0.4) is 0 Å². The zero-order valence-electron chi connectivity index (χ0n) is 9.44. The summed E-state index contributed by atoms with van der Waals surface area (Å²) in [6, 6.07) is 7.17. The molecule has 0 bridgehead atoms. The maximum atomic E-state index is 11.4. The number of hydrogen-bond donors (Lipinski definition) is 1. The molecule has 0 saturated heterocycles. The van der Waals surface area contributed by atoms with Crippen LogP contribution >= 0.6 is 15.9 Å². The maximum absolute atomic E-state index is 11.4. The van der Waals surface area contributed by atoms with Crippen LogP contribution in [0.1, 0.15) is 0 Å². The Morgan fingerprint density at radius 2 is 2.17 bits per heavy atom. The summed E-state index contributed by atoms with van der Waals surface area (Å²) in [7, 11) is 1.15. The molecule has 6 heteroatoms. The van der Waals surface area contributed by atoms with Gasteiger partial charge in [-0.2, -0.15) is 0 Å². The average Bonchev–Trinajstić information content (AvgIpc) is 2.37. The van der Waals surface area contributed by atoms with Gasteiger partial charge in [0.05, 0.1) is 18.3 Å². The molecule has 1 aromatic carbocycles. The molecule has 1 amide bonds. The number of carbonyl (C=O) groups excluding carboxylic acids is 2. The number of ether oxygens (including phenoxy) is 1. The van der Waals surface area contributed by atoms with Crippen molar-refractivity contribution in [2.45, 2.75) is 0 Å². The standard InChI is InChI=1S/C12H9BrN2O3/c1-18-12(17)11(16)15-9-4-2-3-7-5-8(13)6-14-10(7)9/h2-6H,1H3,(H,15,16). The van der Waals surface area contributed by atoms with E-state index in [2.05, 4.69) is 31.0 Å². The summed E-state index contributed by atoms with van der Waals surface area (Å²) in [5.41, 5.74) is 1.08. The van der Waals surface area contributed by atoms with Crippen molar-refractivity contribution in [1.29, 1.82) is 0 Å². The van der Waals surface area contributed by atoms with Gasteiger partial charge in [-0.15, -0.1) is 0 Å². The second-order valence-corrected chi connectivity index (χ2v) is 4.39. The lowest BCUT2D eigenvalue weighted by Crippen LogP contribution is -2.24. The number of nitrogens with zero attached hydrogens (tertiary/aromatic N) is 1. The third-order valence-electron chi connectivity index (χ3n) is 2.30. The van der Waals surface area contributed by atoms with Crippen LogP contribution in [0.25, 0.3) is 10.9 Å². The number of nitrogens with one attached hydrogen (secondary N) is 1. The predicted molar refractivity (Wildman–Crippen MR) is 70.1 cm³/mol. The van der Waals surface area contributed by atoms with Crippen molar-refractivity contribution in [3.63, 3.8) is 0 Å². The Labute approximate surface area is 111 Å². The molecule has 92 valence electrons. The van der Waals surface area contributed by atoms with Gasteiger partial charge in [-0.05, 0) is 28.1 Å². The molecule has 0 saturated carbocycles. The Balaban J connectivity index is 2.40. The molecule has 5 nitrogen and oxygen atoms in total. The van der Waals surface area contributed by atoms with Crippen molar-refractivity contribution in [3.8, 4) is 0 Å². The predicted octanol–water partition coefficient (Wildman–Crippen LogP) is 2.11. The average molecular weight is 309 g/mol. The molecule has 1 heterocycles. The van der Waals surface area contributed by atoms with Gasteiger partial charge in [0.2, 0.25) is 0 Å². The highest BCUT2D eigenvalue weighted by molar-refractivity contribution is 9.10. The highest BCUT2D eigenvalue weighted by atomic mass is 79.9. The lowest BCUT2D eigenvalue weighted by atomic mass is 10.2.